The van der Waals surface area contributed by atoms with Gasteiger partial charge in [-0.1, -0.05) is 0 Å². The topological polar surface area (TPSA) is 58.8 Å². The van der Waals surface area contributed by atoms with Crippen molar-refractivity contribution in [1.82, 2.24) is 24.7 Å². The molecule has 0 amide bonds. The van der Waals surface area contributed by atoms with E-state index < -0.39 is 0 Å². The minimum absolute atomic E-state index is 0.640. The zero-order valence-electron chi connectivity index (χ0n) is 14.0. The SMILES string of the molecule is c1c(C2CC2)nn2cnnc2c1N1CCC(N2CCOCC2)CC1. The van der Waals surface area contributed by atoms with Crippen molar-refractivity contribution in [2.75, 3.05) is 44.3 Å². The van der Waals surface area contributed by atoms with Crippen LogP contribution in [0.4, 0.5) is 5.69 Å². The molecule has 7 nitrogen and oxygen atoms in total. The van der Waals surface area contributed by atoms with E-state index in [4.69, 9.17) is 4.74 Å². The standard InChI is InChI=1S/C17H24N6O/c1-2-13(1)15-11-16(17-19-18-12-23(17)20-15)22-5-3-14(4-6-22)21-7-9-24-10-8-21/h11-14H,1-10H2. The van der Waals surface area contributed by atoms with Crippen LogP contribution in [0.3, 0.4) is 0 Å². The predicted molar refractivity (Wildman–Crippen MR) is 90.4 cm³/mol. The Kier molecular flexibility index (Phi) is 3.63. The normalized spacial score (nSPS) is 23.9. The second kappa shape index (κ2) is 5.97. The third-order valence-corrected chi connectivity index (χ3v) is 5.63. The lowest BCUT2D eigenvalue weighted by atomic mass is 10.0. The molecule has 3 aliphatic rings. The van der Waals surface area contributed by atoms with Crippen LogP contribution in [0.2, 0.25) is 0 Å². The molecule has 2 aromatic rings. The molecule has 128 valence electrons. The second-order valence-electron chi connectivity index (χ2n) is 7.19. The van der Waals surface area contributed by atoms with Gasteiger partial charge in [0.2, 0.25) is 5.65 Å². The molecule has 0 unspecified atom stereocenters. The third-order valence-electron chi connectivity index (χ3n) is 5.63. The molecule has 0 N–H and O–H groups in total. The second-order valence-corrected chi connectivity index (χ2v) is 7.19. The van der Waals surface area contributed by atoms with Gasteiger partial charge in [0.05, 0.1) is 24.6 Å². The van der Waals surface area contributed by atoms with E-state index in [0.717, 1.165) is 45.0 Å². The molecule has 7 heteroatoms. The highest BCUT2D eigenvalue weighted by atomic mass is 16.5. The molecular formula is C17H24N6O. The highest BCUT2D eigenvalue weighted by molar-refractivity contribution is 5.68. The van der Waals surface area contributed by atoms with Crippen LogP contribution in [0.5, 0.6) is 0 Å². The van der Waals surface area contributed by atoms with Crippen LogP contribution >= 0.6 is 0 Å². The molecule has 0 spiro atoms. The molecule has 3 fully saturated rings. The van der Waals surface area contributed by atoms with E-state index in [-0.39, 0.29) is 0 Å². The number of morpholine rings is 1. The summed E-state index contributed by atoms with van der Waals surface area (Å²) in [6, 6.07) is 2.96. The average Bonchev–Trinajstić information content (AvgIpc) is 3.39. The Morgan fingerprint density at radius 1 is 1.00 bits per heavy atom. The largest absolute Gasteiger partial charge is 0.379 e. The van der Waals surface area contributed by atoms with E-state index in [0.29, 0.717) is 12.0 Å². The number of aromatic nitrogens is 4. The summed E-state index contributed by atoms with van der Waals surface area (Å²) in [6.45, 7) is 6.10. The molecule has 0 aromatic carbocycles. The molecule has 1 saturated carbocycles. The van der Waals surface area contributed by atoms with Gasteiger partial charge in [-0.3, -0.25) is 4.90 Å². The highest BCUT2D eigenvalue weighted by Crippen LogP contribution is 2.40. The summed E-state index contributed by atoms with van der Waals surface area (Å²) in [6.07, 6.45) is 6.67. The van der Waals surface area contributed by atoms with Crippen molar-refractivity contribution in [3.8, 4) is 0 Å². The minimum atomic E-state index is 0.640. The summed E-state index contributed by atoms with van der Waals surface area (Å²) in [5.74, 6) is 0.640. The molecule has 0 atom stereocenters. The van der Waals surface area contributed by atoms with Gasteiger partial charge in [0.1, 0.15) is 6.33 Å². The lowest BCUT2D eigenvalue weighted by Crippen LogP contribution is -2.49. The fourth-order valence-corrected chi connectivity index (χ4v) is 4.06. The number of piperidine rings is 1. The van der Waals surface area contributed by atoms with Gasteiger partial charge in [0.25, 0.3) is 0 Å². The van der Waals surface area contributed by atoms with Gasteiger partial charge >= 0.3 is 0 Å². The fourth-order valence-electron chi connectivity index (χ4n) is 4.06. The van der Waals surface area contributed by atoms with E-state index in [1.165, 1.54) is 37.1 Å². The van der Waals surface area contributed by atoms with Gasteiger partial charge < -0.3 is 9.64 Å². The zero-order valence-corrected chi connectivity index (χ0v) is 14.0. The maximum absolute atomic E-state index is 5.48. The first-order chi connectivity index (χ1) is 11.9. The Hall–Kier alpha value is -1.73. The minimum Gasteiger partial charge on any atom is -0.379 e. The van der Waals surface area contributed by atoms with Gasteiger partial charge in [0, 0.05) is 38.1 Å². The summed E-state index contributed by atoms with van der Waals surface area (Å²) in [4.78, 5) is 5.09. The van der Waals surface area contributed by atoms with Crippen LogP contribution in [0.25, 0.3) is 5.65 Å². The molecule has 0 bridgehead atoms. The van der Waals surface area contributed by atoms with Gasteiger partial charge in [-0.05, 0) is 31.7 Å². The molecule has 5 rings (SSSR count). The lowest BCUT2D eigenvalue weighted by molar-refractivity contribution is 0.0115. The number of anilines is 1. The van der Waals surface area contributed by atoms with Crippen molar-refractivity contribution in [3.05, 3.63) is 18.1 Å². The van der Waals surface area contributed by atoms with Crippen molar-refractivity contribution in [3.63, 3.8) is 0 Å². The van der Waals surface area contributed by atoms with Crippen LogP contribution in [0.15, 0.2) is 12.4 Å². The number of rotatable bonds is 3. The Labute approximate surface area is 141 Å². The number of nitrogens with zero attached hydrogens (tertiary/aromatic N) is 6. The van der Waals surface area contributed by atoms with Crippen molar-refractivity contribution in [2.24, 2.45) is 0 Å². The molecule has 2 aliphatic heterocycles. The van der Waals surface area contributed by atoms with Crippen molar-refractivity contribution in [1.29, 1.82) is 0 Å². The third kappa shape index (κ3) is 2.65. The predicted octanol–water partition coefficient (Wildman–Crippen LogP) is 1.30. The Bertz CT molecular complexity index is 713. The molecule has 24 heavy (non-hydrogen) atoms. The molecular weight excluding hydrogens is 304 g/mol. The van der Waals surface area contributed by atoms with Crippen LogP contribution in [-0.4, -0.2) is 70.1 Å². The molecule has 2 saturated heterocycles. The first kappa shape index (κ1) is 14.6. The summed E-state index contributed by atoms with van der Waals surface area (Å²) in [7, 11) is 0. The first-order valence-electron chi connectivity index (χ1n) is 9.16. The summed E-state index contributed by atoms with van der Waals surface area (Å²) in [5, 5.41) is 13.1. The summed E-state index contributed by atoms with van der Waals surface area (Å²) < 4.78 is 7.34. The molecule has 4 heterocycles. The van der Waals surface area contributed by atoms with Crippen LogP contribution in [0, 0.1) is 0 Å². The van der Waals surface area contributed by atoms with E-state index in [1.54, 1.807) is 6.33 Å². The number of hydrogen-bond acceptors (Lipinski definition) is 6. The van der Waals surface area contributed by atoms with Gasteiger partial charge in [0.15, 0.2) is 0 Å². The molecule has 2 aromatic heterocycles. The Morgan fingerprint density at radius 3 is 2.54 bits per heavy atom. The van der Waals surface area contributed by atoms with E-state index in [1.807, 2.05) is 4.52 Å². The van der Waals surface area contributed by atoms with Gasteiger partial charge in [-0.2, -0.15) is 9.61 Å². The maximum atomic E-state index is 5.48. The highest BCUT2D eigenvalue weighted by Gasteiger charge is 2.30. The van der Waals surface area contributed by atoms with E-state index in [9.17, 15) is 0 Å². The van der Waals surface area contributed by atoms with Gasteiger partial charge in [-0.15, -0.1) is 10.2 Å². The Balaban J connectivity index is 1.35. The van der Waals surface area contributed by atoms with Crippen molar-refractivity contribution < 1.29 is 4.74 Å². The number of fused-ring (bicyclic) bond motifs is 1. The average molecular weight is 328 g/mol. The molecule has 0 radical (unpaired) electrons. The lowest BCUT2D eigenvalue weighted by Gasteiger charge is -2.40. The first-order valence-corrected chi connectivity index (χ1v) is 9.16. The smallest absolute Gasteiger partial charge is 0.200 e. The number of ether oxygens (including phenoxy) is 1. The molecule has 1 aliphatic carbocycles. The van der Waals surface area contributed by atoms with Gasteiger partial charge in [-0.25, -0.2) is 0 Å². The van der Waals surface area contributed by atoms with Crippen molar-refractivity contribution >= 4 is 11.3 Å². The number of hydrogen-bond donors (Lipinski definition) is 0. The van der Waals surface area contributed by atoms with Crippen molar-refractivity contribution in [2.45, 2.75) is 37.6 Å². The Morgan fingerprint density at radius 2 is 1.79 bits per heavy atom. The van der Waals surface area contributed by atoms with E-state index in [2.05, 4.69) is 31.2 Å². The summed E-state index contributed by atoms with van der Waals surface area (Å²) >= 11 is 0. The van der Waals surface area contributed by atoms with Crippen LogP contribution in [0.1, 0.15) is 37.3 Å². The monoisotopic (exact) mass is 328 g/mol. The zero-order chi connectivity index (χ0) is 15.9. The van der Waals surface area contributed by atoms with E-state index >= 15 is 0 Å². The fraction of sp³-hybridized carbons (Fsp3) is 0.706. The van der Waals surface area contributed by atoms with Crippen LogP contribution < -0.4 is 4.90 Å². The summed E-state index contributed by atoms with van der Waals surface area (Å²) in [5.41, 5.74) is 3.31. The van der Waals surface area contributed by atoms with Crippen LogP contribution in [-0.2, 0) is 4.74 Å². The maximum Gasteiger partial charge on any atom is 0.200 e. The quantitative estimate of drug-likeness (QED) is 0.846.